The lowest BCUT2D eigenvalue weighted by atomic mass is 10.2. The van der Waals surface area contributed by atoms with Crippen LogP contribution in [0.3, 0.4) is 0 Å². The first kappa shape index (κ1) is 15.9. The van der Waals surface area contributed by atoms with E-state index in [1.54, 1.807) is 32.0 Å². The minimum atomic E-state index is -0.429. The highest BCUT2D eigenvalue weighted by atomic mass is 32.1. The van der Waals surface area contributed by atoms with Crippen LogP contribution in [0.5, 0.6) is 5.75 Å². The number of carbonyl (C=O) groups excluding carboxylic acids is 2. The number of aryl methyl sites for hydroxylation is 1. The summed E-state index contributed by atoms with van der Waals surface area (Å²) in [6.45, 7) is 3.64. The quantitative estimate of drug-likeness (QED) is 0.819. The van der Waals surface area contributed by atoms with Crippen LogP contribution in [-0.2, 0) is 9.53 Å². The Hall–Kier alpha value is -2.48. The molecule has 0 fully saturated rings. The zero-order valence-corrected chi connectivity index (χ0v) is 13.0. The van der Waals surface area contributed by atoms with Crippen LogP contribution in [0.4, 0.5) is 5.13 Å². The molecular weight excluding hydrogens is 306 g/mol. The van der Waals surface area contributed by atoms with Crippen molar-refractivity contribution >= 4 is 28.3 Å². The summed E-state index contributed by atoms with van der Waals surface area (Å²) in [5.74, 6) is -0.367. The van der Waals surface area contributed by atoms with Gasteiger partial charge in [0.15, 0.2) is 6.61 Å². The third-order valence-corrected chi connectivity index (χ3v) is 3.24. The second-order valence-electron chi connectivity index (χ2n) is 4.21. The Morgan fingerprint density at radius 1 is 1.32 bits per heavy atom. The molecule has 0 radical (unpaired) electrons. The highest BCUT2D eigenvalue weighted by Gasteiger charge is 2.10. The number of nitrogens with one attached hydrogen (secondary N) is 1. The number of esters is 1. The lowest BCUT2D eigenvalue weighted by molar-refractivity contribution is -0.118. The number of nitrogens with zero attached hydrogens (tertiary/aromatic N) is 2. The summed E-state index contributed by atoms with van der Waals surface area (Å²) in [5, 5.41) is 11.4. The largest absolute Gasteiger partial charge is 0.484 e. The SMILES string of the molecule is CCOC(=O)c1cccc(OCC(=O)Nc2nnc(C)s2)c1. The fourth-order valence-electron chi connectivity index (χ4n) is 1.58. The summed E-state index contributed by atoms with van der Waals surface area (Å²) in [6, 6.07) is 6.47. The lowest BCUT2D eigenvalue weighted by Gasteiger charge is -2.07. The molecule has 0 unspecified atom stereocenters. The van der Waals surface area contributed by atoms with E-state index in [-0.39, 0.29) is 12.5 Å². The summed E-state index contributed by atoms with van der Waals surface area (Å²) >= 11 is 1.28. The summed E-state index contributed by atoms with van der Waals surface area (Å²) in [5.41, 5.74) is 0.375. The van der Waals surface area contributed by atoms with Gasteiger partial charge in [-0.1, -0.05) is 17.4 Å². The summed E-state index contributed by atoms with van der Waals surface area (Å²) in [6.07, 6.45) is 0. The molecular formula is C14H15N3O4S. The molecule has 1 aromatic carbocycles. The molecule has 0 aliphatic heterocycles. The molecule has 2 rings (SSSR count). The van der Waals surface area contributed by atoms with E-state index in [0.29, 0.717) is 23.1 Å². The maximum atomic E-state index is 11.7. The molecule has 1 heterocycles. The highest BCUT2D eigenvalue weighted by molar-refractivity contribution is 7.15. The third kappa shape index (κ3) is 4.52. The Bertz CT molecular complexity index is 672. The van der Waals surface area contributed by atoms with Crippen LogP contribution in [0.15, 0.2) is 24.3 Å². The van der Waals surface area contributed by atoms with Crippen molar-refractivity contribution in [3.63, 3.8) is 0 Å². The molecule has 0 spiro atoms. The average Bonchev–Trinajstić information content (AvgIpc) is 2.91. The van der Waals surface area contributed by atoms with Crippen LogP contribution in [0.2, 0.25) is 0 Å². The van der Waals surface area contributed by atoms with E-state index in [0.717, 1.165) is 5.01 Å². The van der Waals surface area contributed by atoms with Gasteiger partial charge in [0.25, 0.3) is 5.91 Å². The molecule has 22 heavy (non-hydrogen) atoms. The highest BCUT2D eigenvalue weighted by Crippen LogP contribution is 2.15. The fraction of sp³-hybridized carbons (Fsp3) is 0.286. The number of ether oxygens (including phenoxy) is 2. The number of anilines is 1. The number of carbonyl (C=O) groups is 2. The minimum absolute atomic E-state index is 0.190. The van der Waals surface area contributed by atoms with E-state index in [9.17, 15) is 9.59 Å². The van der Waals surface area contributed by atoms with Crippen molar-refractivity contribution in [1.82, 2.24) is 10.2 Å². The molecule has 0 aliphatic rings. The van der Waals surface area contributed by atoms with Crippen molar-refractivity contribution in [3.05, 3.63) is 34.8 Å². The summed E-state index contributed by atoms with van der Waals surface area (Å²) in [4.78, 5) is 23.3. The molecule has 0 bridgehead atoms. The third-order valence-electron chi connectivity index (χ3n) is 2.49. The zero-order valence-electron chi connectivity index (χ0n) is 12.2. The zero-order chi connectivity index (χ0) is 15.9. The standard InChI is InChI=1S/C14H15N3O4S/c1-3-20-13(19)10-5-4-6-11(7-10)21-8-12(18)15-14-17-16-9(2)22-14/h4-7H,3,8H2,1-2H3,(H,15,17,18). The van der Waals surface area contributed by atoms with Gasteiger partial charge in [0.05, 0.1) is 12.2 Å². The molecule has 1 amide bonds. The van der Waals surface area contributed by atoms with Gasteiger partial charge in [0.2, 0.25) is 5.13 Å². The van der Waals surface area contributed by atoms with Crippen LogP contribution >= 0.6 is 11.3 Å². The van der Waals surface area contributed by atoms with E-state index in [1.807, 2.05) is 0 Å². The van der Waals surface area contributed by atoms with Crippen LogP contribution in [-0.4, -0.2) is 35.3 Å². The number of amides is 1. The minimum Gasteiger partial charge on any atom is -0.484 e. The van der Waals surface area contributed by atoms with E-state index in [1.165, 1.54) is 17.4 Å². The number of hydrogen-bond donors (Lipinski definition) is 1. The second-order valence-corrected chi connectivity index (χ2v) is 5.39. The van der Waals surface area contributed by atoms with Gasteiger partial charge in [-0.05, 0) is 32.0 Å². The van der Waals surface area contributed by atoms with Crippen LogP contribution in [0.25, 0.3) is 0 Å². The molecule has 1 aromatic heterocycles. The van der Waals surface area contributed by atoms with Crippen molar-refractivity contribution in [3.8, 4) is 5.75 Å². The van der Waals surface area contributed by atoms with Gasteiger partial charge >= 0.3 is 5.97 Å². The fourth-order valence-corrected chi connectivity index (χ4v) is 2.19. The van der Waals surface area contributed by atoms with Gasteiger partial charge in [0.1, 0.15) is 10.8 Å². The molecule has 7 nitrogen and oxygen atoms in total. The maximum Gasteiger partial charge on any atom is 0.338 e. The van der Waals surface area contributed by atoms with Crippen molar-refractivity contribution in [2.75, 3.05) is 18.5 Å². The smallest absolute Gasteiger partial charge is 0.338 e. The van der Waals surface area contributed by atoms with Crippen molar-refractivity contribution in [2.45, 2.75) is 13.8 Å². The Labute approximate surface area is 131 Å². The van der Waals surface area contributed by atoms with Crippen LogP contribution < -0.4 is 10.1 Å². The number of benzene rings is 1. The van der Waals surface area contributed by atoms with E-state index in [2.05, 4.69) is 15.5 Å². The molecule has 116 valence electrons. The van der Waals surface area contributed by atoms with E-state index >= 15 is 0 Å². The van der Waals surface area contributed by atoms with Gasteiger partial charge in [-0.3, -0.25) is 10.1 Å². The normalized spacial score (nSPS) is 10.1. The number of rotatable bonds is 6. The summed E-state index contributed by atoms with van der Waals surface area (Å²) < 4.78 is 10.3. The van der Waals surface area contributed by atoms with Crippen molar-refractivity contribution in [1.29, 1.82) is 0 Å². The van der Waals surface area contributed by atoms with Crippen molar-refractivity contribution < 1.29 is 19.1 Å². The first-order valence-corrected chi connectivity index (χ1v) is 7.40. The van der Waals surface area contributed by atoms with Gasteiger partial charge in [-0.2, -0.15) is 0 Å². The topological polar surface area (TPSA) is 90.4 Å². The Kier molecular flexibility index (Phi) is 5.42. The molecule has 0 aliphatic carbocycles. The van der Waals surface area contributed by atoms with E-state index in [4.69, 9.17) is 9.47 Å². The molecule has 1 N–H and O–H groups in total. The predicted molar refractivity (Wildman–Crippen MR) is 81.2 cm³/mol. The average molecular weight is 321 g/mol. The Balaban J connectivity index is 1.89. The van der Waals surface area contributed by atoms with Gasteiger partial charge < -0.3 is 9.47 Å². The molecule has 0 saturated heterocycles. The molecule has 2 aromatic rings. The lowest BCUT2D eigenvalue weighted by Crippen LogP contribution is -2.20. The molecule has 0 saturated carbocycles. The van der Waals surface area contributed by atoms with Crippen molar-refractivity contribution in [2.24, 2.45) is 0 Å². The first-order valence-electron chi connectivity index (χ1n) is 6.58. The van der Waals surface area contributed by atoms with Gasteiger partial charge in [-0.25, -0.2) is 4.79 Å². The number of hydrogen-bond acceptors (Lipinski definition) is 7. The first-order chi connectivity index (χ1) is 10.6. The monoisotopic (exact) mass is 321 g/mol. The Morgan fingerprint density at radius 3 is 2.82 bits per heavy atom. The Morgan fingerprint density at radius 2 is 2.14 bits per heavy atom. The van der Waals surface area contributed by atoms with Crippen LogP contribution in [0, 0.1) is 6.92 Å². The summed E-state index contributed by atoms with van der Waals surface area (Å²) in [7, 11) is 0. The predicted octanol–water partition coefficient (Wildman–Crippen LogP) is 2.04. The molecule has 8 heteroatoms. The maximum absolute atomic E-state index is 11.7. The van der Waals surface area contributed by atoms with Crippen LogP contribution in [0.1, 0.15) is 22.3 Å². The number of aromatic nitrogens is 2. The van der Waals surface area contributed by atoms with Gasteiger partial charge in [0, 0.05) is 0 Å². The molecule has 0 atom stereocenters. The second kappa shape index (κ2) is 7.51. The van der Waals surface area contributed by atoms with Gasteiger partial charge in [-0.15, -0.1) is 10.2 Å². The van der Waals surface area contributed by atoms with E-state index < -0.39 is 5.97 Å².